The van der Waals surface area contributed by atoms with Gasteiger partial charge in [0.05, 0.1) is 14.2 Å². The van der Waals surface area contributed by atoms with E-state index in [9.17, 15) is 4.79 Å². The quantitative estimate of drug-likeness (QED) is 0.395. The number of hydrogen-bond donors (Lipinski definition) is 0. The molecule has 140 valence electrons. The third-order valence-electron chi connectivity index (χ3n) is 4.75. The number of fused-ring (bicyclic) bond motifs is 1. The van der Waals surface area contributed by atoms with Gasteiger partial charge in [0.1, 0.15) is 0 Å². The van der Waals surface area contributed by atoms with Crippen molar-refractivity contribution in [3.8, 4) is 11.5 Å². The van der Waals surface area contributed by atoms with Crippen LogP contribution in [0.25, 0.3) is 10.1 Å². The summed E-state index contributed by atoms with van der Waals surface area (Å²) in [5.41, 5.74) is 2.56. The van der Waals surface area contributed by atoms with Gasteiger partial charge in [-0.1, -0.05) is 48.5 Å². The summed E-state index contributed by atoms with van der Waals surface area (Å²) < 4.78 is 11.8. The lowest BCUT2D eigenvalue weighted by Crippen LogP contribution is -2.05. The number of hydrogen-bond acceptors (Lipinski definition) is 4. The van der Waals surface area contributed by atoms with Gasteiger partial charge in [0.15, 0.2) is 17.3 Å². The van der Waals surface area contributed by atoms with E-state index in [4.69, 9.17) is 9.47 Å². The molecule has 0 unspecified atom stereocenters. The van der Waals surface area contributed by atoms with Crippen molar-refractivity contribution in [2.75, 3.05) is 14.2 Å². The number of benzene rings is 3. The van der Waals surface area contributed by atoms with Crippen molar-refractivity contribution >= 4 is 27.2 Å². The minimum Gasteiger partial charge on any atom is -0.493 e. The number of thiophene rings is 1. The first-order valence-electron chi connectivity index (χ1n) is 9.02. The van der Waals surface area contributed by atoms with Gasteiger partial charge in [0.25, 0.3) is 0 Å². The van der Waals surface area contributed by atoms with Crippen LogP contribution in [0.1, 0.15) is 26.4 Å². The fraction of sp³-hybridized carbons (Fsp3) is 0.125. The Kier molecular flexibility index (Phi) is 5.13. The van der Waals surface area contributed by atoms with Crippen molar-refractivity contribution in [2.45, 2.75) is 6.42 Å². The van der Waals surface area contributed by atoms with Crippen LogP contribution in [0.4, 0.5) is 0 Å². The molecule has 1 aromatic heterocycles. The predicted octanol–water partition coefficient (Wildman–Crippen LogP) is 5.74. The second-order valence-corrected chi connectivity index (χ2v) is 7.59. The molecular weight excluding hydrogens is 368 g/mol. The van der Waals surface area contributed by atoms with Gasteiger partial charge in [-0.25, -0.2) is 0 Å². The molecule has 0 aliphatic carbocycles. The van der Waals surface area contributed by atoms with E-state index < -0.39 is 0 Å². The molecule has 0 aliphatic heterocycles. The Morgan fingerprint density at radius 1 is 0.857 bits per heavy atom. The smallest absolute Gasteiger partial charge is 0.194 e. The van der Waals surface area contributed by atoms with Gasteiger partial charge in [0, 0.05) is 32.5 Å². The van der Waals surface area contributed by atoms with Crippen LogP contribution >= 0.6 is 11.3 Å². The average molecular weight is 388 g/mol. The van der Waals surface area contributed by atoms with Gasteiger partial charge in [-0.3, -0.25) is 4.79 Å². The summed E-state index contributed by atoms with van der Waals surface area (Å²) in [6.45, 7) is 0. The summed E-state index contributed by atoms with van der Waals surface area (Å²) in [7, 11) is 3.16. The van der Waals surface area contributed by atoms with Crippen molar-refractivity contribution in [3.05, 3.63) is 94.4 Å². The Bertz CT molecular complexity index is 1130. The largest absolute Gasteiger partial charge is 0.493 e. The highest BCUT2D eigenvalue weighted by Gasteiger charge is 2.21. The number of ketones is 1. The molecule has 0 radical (unpaired) electrons. The normalized spacial score (nSPS) is 10.8. The first-order valence-corrected chi connectivity index (χ1v) is 9.84. The maximum Gasteiger partial charge on any atom is 0.194 e. The van der Waals surface area contributed by atoms with Crippen LogP contribution in [0.5, 0.6) is 11.5 Å². The first-order chi connectivity index (χ1) is 13.7. The number of rotatable bonds is 6. The zero-order valence-electron chi connectivity index (χ0n) is 15.8. The van der Waals surface area contributed by atoms with E-state index in [0.717, 1.165) is 26.9 Å². The van der Waals surface area contributed by atoms with Crippen LogP contribution in [0.15, 0.2) is 72.8 Å². The van der Waals surface area contributed by atoms with E-state index in [2.05, 4.69) is 18.2 Å². The van der Waals surface area contributed by atoms with E-state index >= 15 is 0 Å². The summed E-state index contributed by atoms with van der Waals surface area (Å²) in [6.07, 6.45) is 0.731. The van der Waals surface area contributed by atoms with Crippen LogP contribution in [0.2, 0.25) is 0 Å². The molecule has 0 saturated heterocycles. The van der Waals surface area contributed by atoms with E-state index in [-0.39, 0.29) is 5.78 Å². The monoisotopic (exact) mass is 388 g/mol. The molecule has 4 rings (SSSR count). The third kappa shape index (κ3) is 3.39. The first kappa shape index (κ1) is 18.3. The van der Waals surface area contributed by atoms with E-state index in [1.54, 1.807) is 43.8 Å². The van der Waals surface area contributed by atoms with Crippen molar-refractivity contribution in [1.82, 2.24) is 0 Å². The molecule has 0 aliphatic rings. The number of carbonyl (C=O) groups is 1. The minimum absolute atomic E-state index is 0.00401. The fourth-order valence-corrected chi connectivity index (χ4v) is 4.61. The minimum atomic E-state index is 0.00401. The highest BCUT2D eigenvalue weighted by Crippen LogP contribution is 2.36. The summed E-state index contributed by atoms with van der Waals surface area (Å²) in [4.78, 5) is 14.6. The molecule has 0 amide bonds. The van der Waals surface area contributed by atoms with Gasteiger partial charge in [-0.15, -0.1) is 11.3 Å². The van der Waals surface area contributed by atoms with Crippen LogP contribution in [0, 0.1) is 0 Å². The molecule has 0 bridgehead atoms. The Morgan fingerprint density at radius 3 is 2.32 bits per heavy atom. The molecule has 0 spiro atoms. The zero-order valence-corrected chi connectivity index (χ0v) is 16.6. The van der Waals surface area contributed by atoms with Crippen molar-refractivity contribution in [2.24, 2.45) is 0 Å². The lowest BCUT2D eigenvalue weighted by Gasteiger charge is -2.10. The molecule has 28 heavy (non-hydrogen) atoms. The summed E-state index contributed by atoms with van der Waals surface area (Å²) in [5, 5.41) is 0.998. The van der Waals surface area contributed by atoms with Crippen LogP contribution in [-0.2, 0) is 6.42 Å². The van der Waals surface area contributed by atoms with Crippen LogP contribution in [0.3, 0.4) is 0 Å². The second-order valence-electron chi connectivity index (χ2n) is 6.46. The number of methoxy groups -OCH3 is 2. The van der Waals surface area contributed by atoms with E-state index in [0.29, 0.717) is 17.1 Å². The van der Waals surface area contributed by atoms with Gasteiger partial charge in [0.2, 0.25) is 0 Å². The lowest BCUT2D eigenvalue weighted by atomic mass is 9.97. The second kappa shape index (κ2) is 7.87. The maximum absolute atomic E-state index is 13.5. The van der Waals surface area contributed by atoms with Crippen molar-refractivity contribution in [3.63, 3.8) is 0 Å². The highest BCUT2D eigenvalue weighted by atomic mass is 32.1. The molecule has 0 saturated carbocycles. The Morgan fingerprint density at radius 2 is 1.57 bits per heavy atom. The Labute approximate surface area is 168 Å². The molecule has 4 aromatic rings. The molecule has 0 fully saturated rings. The number of ether oxygens (including phenoxy) is 2. The van der Waals surface area contributed by atoms with E-state index in [1.807, 2.05) is 36.4 Å². The molecule has 1 heterocycles. The van der Waals surface area contributed by atoms with E-state index in [1.165, 1.54) is 5.56 Å². The predicted molar refractivity (Wildman–Crippen MR) is 114 cm³/mol. The fourth-order valence-electron chi connectivity index (χ4n) is 3.37. The number of carbonyl (C=O) groups excluding carboxylic acids is 1. The van der Waals surface area contributed by atoms with Gasteiger partial charge < -0.3 is 9.47 Å². The Hall–Kier alpha value is -3.11. The molecule has 3 nitrogen and oxygen atoms in total. The summed E-state index contributed by atoms with van der Waals surface area (Å²) in [6, 6.07) is 23.6. The van der Waals surface area contributed by atoms with Crippen LogP contribution in [-0.4, -0.2) is 20.0 Å². The van der Waals surface area contributed by atoms with Crippen LogP contribution < -0.4 is 9.47 Å². The molecule has 4 heteroatoms. The third-order valence-corrected chi connectivity index (χ3v) is 5.92. The summed E-state index contributed by atoms with van der Waals surface area (Å²) >= 11 is 1.68. The van der Waals surface area contributed by atoms with Crippen molar-refractivity contribution < 1.29 is 14.3 Å². The zero-order chi connectivity index (χ0) is 19.5. The summed E-state index contributed by atoms with van der Waals surface area (Å²) in [5.74, 6) is 1.17. The van der Waals surface area contributed by atoms with Gasteiger partial charge >= 0.3 is 0 Å². The van der Waals surface area contributed by atoms with Crippen molar-refractivity contribution in [1.29, 1.82) is 0 Å². The van der Waals surface area contributed by atoms with Gasteiger partial charge in [-0.05, 0) is 29.8 Å². The Balaban J connectivity index is 1.83. The maximum atomic E-state index is 13.5. The SMILES string of the molecule is COc1ccc(C(=O)c2c(Cc3ccccc3)sc3ccccc23)cc1OC. The molecule has 0 N–H and O–H groups in total. The topological polar surface area (TPSA) is 35.5 Å². The standard InChI is InChI=1S/C24H20O3S/c1-26-19-13-12-17(15-20(19)27-2)24(25)23-18-10-6-7-11-21(18)28-22(23)14-16-8-4-3-5-9-16/h3-13,15H,14H2,1-2H3. The molecular formula is C24H20O3S. The highest BCUT2D eigenvalue weighted by molar-refractivity contribution is 7.19. The lowest BCUT2D eigenvalue weighted by molar-refractivity contribution is 0.103. The average Bonchev–Trinajstić information content (AvgIpc) is 3.11. The molecule has 3 aromatic carbocycles. The molecule has 0 atom stereocenters. The van der Waals surface area contributed by atoms with Gasteiger partial charge in [-0.2, -0.15) is 0 Å².